The van der Waals surface area contributed by atoms with Crippen LogP contribution in [0, 0.1) is 0 Å². The molecule has 2 atom stereocenters. The van der Waals surface area contributed by atoms with Gasteiger partial charge in [0.2, 0.25) is 11.8 Å². The molecule has 208 valence electrons. The summed E-state index contributed by atoms with van der Waals surface area (Å²) in [6.07, 6.45) is 3.24. The molecule has 1 aliphatic heterocycles. The standard InChI is InChI=1S/C30H41Cl2N3O3/c1-5-28(23-9-7-6-8-10-23)33-29(37)30(3,24-11-12-26(31)27(32)21-24)15-18-34-16-13-25(14-17-34)35(22(2)36)19-20-38-4/h6-12,21,25,28H,5,13-20H2,1-4H3,(H,33,37)/t28-,30?/m0/s1. The van der Waals surface area contributed by atoms with E-state index >= 15 is 0 Å². The Labute approximate surface area is 237 Å². The van der Waals surface area contributed by atoms with Gasteiger partial charge in [-0.25, -0.2) is 0 Å². The van der Waals surface area contributed by atoms with Gasteiger partial charge in [0, 0.05) is 39.7 Å². The van der Waals surface area contributed by atoms with Crippen molar-refractivity contribution in [1.82, 2.24) is 15.1 Å². The van der Waals surface area contributed by atoms with E-state index in [0.717, 1.165) is 50.0 Å². The number of likely N-dealkylation sites (tertiary alicyclic amines) is 1. The minimum absolute atomic E-state index is 0.0243. The monoisotopic (exact) mass is 561 g/mol. The maximum atomic E-state index is 13.9. The van der Waals surface area contributed by atoms with Gasteiger partial charge in [0.25, 0.3) is 0 Å². The van der Waals surface area contributed by atoms with Crippen molar-refractivity contribution < 1.29 is 14.3 Å². The second kappa shape index (κ2) is 14.3. The Hall–Kier alpha value is -2.12. The number of rotatable bonds is 12. The van der Waals surface area contributed by atoms with Crippen molar-refractivity contribution in [3.63, 3.8) is 0 Å². The molecule has 8 heteroatoms. The number of methoxy groups -OCH3 is 1. The number of carbonyl (C=O) groups excluding carboxylic acids is 2. The Kier molecular flexibility index (Phi) is 11.5. The van der Waals surface area contributed by atoms with E-state index in [2.05, 4.69) is 17.1 Å². The van der Waals surface area contributed by atoms with E-state index in [9.17, 15) is 9.59 Å². The molecule has 1 heterocycles. The first kappa shape index (κ1) is 30.4. The summed E-state index contributed by atoms with van der Waals surface area (Å²) < 4.78 is 5.19. The van der Waals surface area contributed by atoms with Gasteiger partial charge in [-0.05, 0) is 62.4 Å². The summed E-state index contributed by atoms with van der Waals surface area (Å²) in [4.78, 5) is 30.4. The normalized spacial score (nSPS) is 17.0. The van der Waals surface area contributed by atoms with Crippen LogP contribution in [0.1, 0.15) is 63.6 Å². The van der Waals surface area contributed by atoms with Crippen molar-refractivity contribution in [3.05, 3.63) is 69.7 Å². The molecule has 0 aromatic heterocycles. The van der Waals surface area contributed by atoms with Crippen LogP contribution in [0.25, 0.3) is 0 Å². The first-order valence-electron chi connectivity index (χ1n) is 13.5. The molecule has 2 amide bonds. The van der Waals surface area contributed by atoms with E-state index in [1.807, 2.05) is 54.3 Å². The van der Waals surface area contributed by atoms with E-state index in [4.69, 9.17) is 27.9 Å². The van der Waals surface area contributed by atoms with Crippen LogP contribution in [-0.4, -0.2) is 67.6 Å². The molecule has 1 aliphatic rings. The molecule has 0 bridgehead atoms. The van der Waals surface area contributed by atoms with Gasteiger partial charge in [-0.2, -0.15) is 0 Å². The molecular formula is C30H41Cl2N3O3. The summed E-state index contributed by atoms with van der Waals surface area (Å²) in [7, 11) is 1.66. The minimum atomic E-state index is -0.794. The van der Waals surface area contributed by atoms with Crippen LogP contribution in [0.5, 0.6) is 0 Å². The zero-order valence-corrected chi connectivity index (χ0v) is 24.5. The highest BCUT2D eigenvalue weighted by Crippen LogP contribution is 2.34. The number of nitrogens with one attached hydrogen (secondary N) is 1. The first-order valence-corrected chi connectivity index (χ1v) is 14.2. The van der Waals surface area contributed by atoms with E-state index in [0.29, 0.717) is 29.6 Å². The number of halogens is 2. The number of hydrogen-bond donors (Lipinski definition) is 1. The fraction of sp³-hybridized carbons (Fsp3) is 0.533. The summed E-state index contributed by atoms with van der Waals surface area (Å²) >= 11 is 12.6. The Morgan fingerprint density at radius 3 is 2.39 bits per heavy atom. The van der Waals surface area contributed by atoms with Gasteiger partial charge in [-0.15, -0.1) is 0 Å². The molecule has 0 radical (unpaired) electrons. The average Bonchev–Trinajstić information content (AvgIpc) is 2.92. The third kappa shape index (κ3) is 7.72. The Morgan fingerprint density at radius 2 is 1.82 bits per heavy atom. The van der Waals surface area contributed by atoms with Gasteiger partial charge in [0.15, 0.2) is 0 Å². The maximum absolute atomic E-state index is 13.9. The lowest BCUT2D eigenvalue weighted by Crippen LogP contribution is -2.49. The van der Waals surface area contributed by atoms with Crippen molar-refractivity contribution in [3.8, 4) is 0 Å². The molecule has 2 aromatic rings. The molecule has 1 saturated heterocycles. The fourth-order valence-corrected chi connectivity index (χ4v) is 5.57. The zero-order chi connectivity index (χ0) is 27.7. The molecular weight excluding hydrogens is 521 g/mol. The lowest BCUT2D eigenvalue weighted by molar-refractivity contribution is -0.133. The highest BCUT2D eigenvalue weighted by molar-refractivity contribution is 6.42. The minimum Gasteiger partial charge on any atom is -0.383 e. The van der Waals surface area contributed by atoms with Crippen LogP contribution in [0.3, 0.4) is 0 Å². The molecule has 1 N–H and O–H groups in total. The molecule has 3 rings (SSSR count). The lowest BCUT2D eigenvalue weighted by atomic mass is 9.77. The second-order valence-corrected chi connectivity index (χ2v) is 11.1. The Bertz CT molecular complexity index is 1060. The molecule has 0 aliphatic carbocycles. The Balaban J connectivity index is 1.73. The van der Waals surface area contributed by atoms with Gasteiger partial charge in [0.1, 0.15) is 0 Å². The Morgan fingerprint density at radius 1 is 1.13 bits per heavy atom. The van der Waals surface area contributed by atoms with E-state index in [-0.39, 0.29) is 23.9 Å². The largest absolute Gasteiger partial charge is 0.383 e. The number of ether oxygens (including phenoxy) is 1. The number of amides is 2. The van der Waals surface area contributed by atoms with Crippen molar-refractivity contribution in [2.45, 2.75) is 64.0 Å². The lowest BCUT2D eigenvalue weighted by Gasteiger charge is -2.39. The van der Waals surface area contributed by atoms with Gasteiger partial charge in [-0.3, -0.25) is 9.59 Å². The van der Waals surface area contributed by atoms with E-state index in [1.54, 1.807) is 20.1 Å². The predicted molar refractivity (Wildman–Crippen MR) is 155 cm³/mol. The summed E-state index contributed by atoms with van der Waals surface area (Å²) in [5, 5.41) is 4.22. The third-order valence-electron chi connectivity index (χ3n) is 7.84. The van der Waals surface area contributed by atoms with Gasteiger partial charge < -0.3 is 19.9 Å². The molecule has 6 nitrogen and oxygen atoms in total. The highest BCUT2D eigenvalue weighted by atomic mass is 35.5. The van der Waals surface area contributed by atoms with Crippen LogP contribution in [0.15, 0.2) is 48.5 Å². The predicted octanol–water partition coefficient (Wildman–Crippen LogP) is 5.87. The first-order chi connectivity index (χ1) is 18.2. The molecule has 2 aromatic carbocycles. The van der Waals surface area contributed by atoms with E-state index in [1.165, 1.54) is 0 Å². The van der Waals surface area contributed by atoms with Crippen molar-refractivity contribution in [1.29, 1.82) is 0 Å². The summed E-state index contributed by atoms with van der Waals surface area (Å²) in [6.45, 7) is 9.37. The second-order valence-electron chi connectivity index (χ2n) is 10.3. The maximum Gasteiger partial charge on any atom is 0.230 e. The summed E-state index contributed by atoms with van der Waals surface area (Å²) in [6, 6.07) is 15.7. The van der Waals surface area contributed by atoms with Gasteiger partial charge >= 0.3 is 0 Å². The SMILES string of the molecule is CC[C@H](NC(=O)C(C)(CCN1CCC(N(CCOC)C(C)=O)CC1)c1ccc(Cl)c(Cl)c1)c1ccccc1. The zero-order valence-electron chi connectivity index (χ0n) is 23.0. The van der Waals surface area contributed by atoms with Crippen LogP contribution in [0.4, 0.5) is 0 Å². The smallest absolute Gasteiger partial charge is 0.230 e. The van der Waals surface area contributed by atoms with Crippen LogP contribution >= 0.6 is 23.2 Å². The number of benzene rings is 2. The molecule has 1 unspecified atom stereocenters. The fourth-order valence-electron chi connectivity index (χ4n) is 5.28. The highest BCUT2D eigenvalue weighted by Gasteiger charge is 2.37. The average molecular weight is 563 g/mol. The number of nitrogens with zero attached hydrogens (tertiary/aromatic N) is 2. The van der Waals surface area contributed by atoms with E-state index < -0.39 is 5.41 Å². The number of hydrogen-bond acceptors (Lipinski definition) is 4. The molecule has 38 heavy (non-hydrogen) atoms. The number of piperidine rings is 1. The summed E-state index contributed by atoms with van der Waals surface area (Å²) in [5.41, 5.74) is 1.15. The molecule has 1 fully saturated rings. The van der Waals surface area contributed by atoms with Crippen LogP contribution in [-0.2, 0) is 19.7 Å². The quantitative estimate of drug-likeness (QED) is 0.352. The van der Waals surface area contributed by atoms with Gasteiger partial charge in [0.05, 0.1) is 28.1 Å². The third-order valence-corrected chi connectivity index (χ3v) is 8.58. The number of carbonyl (C=O) groups is 2. The summed E-state index contributed by atoms with van der Waals surface area (Å²) in [5.74, 6) is 0.0667. The topological polar surface area (TPSA) is 61.9 Å². The van der Waals surface area contributed by atoms with Gasteiger partial charge in [-0.1, -0.05) is 66.5 Å². The van der Waals surface area contributed by atoms with Crippen molar-refractivity contribution >= 4 is 35.0 Å². The molecule has 0 spiro atoms. The van der Waals surface area contributed by atoms with Crippen molar-refractivity contribution in [2.24, 2.45) is 0 Å². The molecule has 0 saturated carbocycles. The van der Waals surface area contributed by atoms with Crippen LogP contribution in [0.2, 0.25) is 10.0 Å². The van der Waals surface area contributed by atoms with Crippen molar-refractivity contribution in [2.75, 3.05) is 39.9 Å². The van der Waals surface area contributed by atoms with Crippen LogP contribution < -0.4 is 5.32 Å².